The molecule has 0 aromatic carbocycles. The predicted molar refractivity (Wildman–Crippen MR) is 57.4 cm³/mol. The first-order valence-corrected chi connectivity index (χ1v) is 7.37. The van der Waals surface area contributed by atoms with Gasteiger partial charge in [0.05, 0.1) is 16.2 Å². The quantitative estimate of drug-likeness (QED) is 0.485. The number of hydrogen-bond acceptors (Lipinski definition) is 5. The molecule has 18 heavy (non-hydrogen) atoms. The Bertz CT molecular complexity index is 588. The second-order valence-electron chi connectivity index (χ2n) is 3.11. The highest BCUT2D eigenvalue weighted by atomic mass is 35.7. The zero-order valence-corrected chi connectivity index (χ0v) is 10.7. The van der Waals surface area contributed by atoms with E-state index in [0.717, 1.165) is 11.4 Å². The van der Waals surface area contributed by atoms with Crippen molar-refractivity contribution in [1.29, 1.82) is 0 Å². The van der Waals surface area contributed by atoms with E-state index >= 15 is 0 Å². The summed E-state index contributed by atoms with van der Waals surface area (Å²) >= 11 is 0.604. The van der Waals surface area contributed by atoms with Gasteiger partial charge in [0.1, 0.15) is 0 Å². The lowest BCUT2D eigenvalue weighted by molar-refractivity contribution is -0.170. The molecule has 4 nitrogen and oxygen atoms in total. The molecule has 1 aromatic heterocycles. The fourth-order valence-electron chi connectivity index (χ4n) is 0.926. The van der Waals surface area contributed by atoms with Crippen LogP contribution in [0.4, 0.5) is 13.2 Å². The van der Waals surface area contributed by atoms with Crippen molar-refractivity contribution in [3.05, 3.63) is 16.3 Å². The molecule has 0 fully saturated rings. The maximum atomic E-state index is 11.9. The van der Waals surface area contributed by atoms with Gasteiger partial charge in [-0.05, 0) is 6.07 Å². The molecule has 1 rings (SSSR count). The SMILES string of the molecule is O=C(CC(=O)C(F)(F)F)c1cc(S(=O)(=O)Cl)cs1. The number of ketones is 2. The number of thiophene rings is 1. The van der Waals surface area contributed by atoms with Crippen molar-refractivity contribution in [1.82, 2.24) is 0 Å². The summed E-state index contributed by atoms with van der Waals surface area (Å²) in [6, 6.07) is 0.832. The van der Waals surface area contributed by atoms with Crippen LogP contribution in [0.1, 0.15) is 16.1 Å². The molecule has 0 spiro atoms. The largest absolute Gasteiger partial charge is 0.450 e. The first kappa shape index (κ1) is 15.1. The molecular weight excluding hydrogens is 317 g/mol. The third-order valence-corrected chi connectivity index (χ3v) is 4.22. The van der Waals surface area contributed by atoms with Crippen molar-refractivity contribution >= 4 is 42.6 Å². The van der Waals surface area contributed by atoms with Crippen molar-refractivity contribution in [2.75, 3.05) is 0 Å². The summed E-state index contributed by atoms with van der Waals surface area (Å²) in [6.45, 7) is 0. The van der Waals surface area contributed by atoms with Gasteiger partial charge in [0.2, 0.25) is 5.78 Å². The number of carbonyl (C=O) groups excluding carboxylic acids is 2. The zero-order valence-electron chi connectivity index (χ0n) is 8.32. The Hall–Kier alpha value is -0.930. The van der Waals surface area contributed by atoms with Crippen molar-refractivity contribution in [2.45, 2.75) is 17.5 Å². The Balaban J connectivity index is 2.87. The lowest BCUT2D eigenvalue weighted by Crippen LogP contribution is -2.25. The molecule has 100 valence electrons. The Morgan fingerprint density at radius 2 is 1.89 bits per heavy atom. The molecule has 1 heterocycles. The summed E-state index contributed by atoms with van der Waals surface area (Å²) in [6.07, 6.45) is -6.44. The minimum Gasteiger partial charge on any atom is -0.293 e. The van der Waals surface area contributed by atoms with Crippen LogP contribution in [-0.2, 0) is 13.8 Å². The van der Waals surface area contributed by atoms with Crippen LogP contribution in [0.25, 0.3) is 0 Å². The van der Waals surface area contributed by atoms with Crippen molar-refractivity contribution in [2.24, 2.45) is 0 Å². The first-order valence-electron chi connectivity index (χ1n) is 4.18. The topological polar surface area (TPSA) is 68.3 Å². The first-order chi connectivity index (χ1) is 8.01. The molecule has 0 saturated heterocycles. The van der Waals surface area contributed by atoms with Crippen LogP contribution in [-0.4, -0.2) is 26.2 Å². The van der Waals surface area contributed by atoms with Crippen LogP contribution < -0.4 is 0 Å². The Labute approximate surface area is 108 Å². The van der Waals surface area contributed by atoms with E-state index in [9.17, 15) is 31.2 Å². The molecule has 0 amide bonds. The molecule has 0 aliphatic heterocycles. The molecular formula is C8H4ClF3O4S2. The van der Waals surface area contributed by atoms with Crippen molar-refractivity contribution in [3.63, 3.8) is 0 Å². The average molecular weight is 321 g/mol. The summed E-state index contributed by atoms with van der Waals surface area (Å²) in [4.78, 5) is 21.2. The van der Waals surface area contributed by atoms with E-state index in [4.69, 9.17) is 10.7 Å². The molecule has 0 saturated carbocycles. The molecule has 0 radical (unpaired) electrons. The summed E-state index contributed by atoms with van der Waals surface area (Å²) in [7, 11) is 0.926. The van der Waals surface area contributed by atoms with Crippen LogP contribution in [0, 0.1) is 0 Å². The number of halogens is 4. The smallest absolute Gasteiger partial charge is 0.293 e. The Morgan fingerprint density at radius 1 is 1.33 bits per heavy atom. The van der Waals surface area contributed by atoms with E-state index in [-0.39, 0.29) is 4.88 Å². The number of hydrogen-bond donors (Lipinski definition) is 0. The lowest BCUT2D eigenvalue weighted by atomic mass is 10.2. The molecule has 0 bridgehead atoms. The monoisotopic (exact) mass is 320 g/mol. The van der Waals surface area contributed by atoms with E-state index in [1.807, 2.05) is 0 Å². The molecule has 0 atom stereocenters. The van der Waals surface area contributed by atoms with E-state index < -0.39 is 38.1 Å². The van der Waals surface area contributed by atoms with Crippen LogP contribution >= 0.6 is 22.0 Å². The number of alkyl halides is 3. The van der Waals surface area contributed by atoms with Gasteiger partial charge < -0.3 is 0 Å². The summed E-state index contributed by atoms with van der Waals surface area (Å²) in [5.74, 6) is -3.29. The standard InChI is InChI=1S/C8H4ClF3O4S2/c9-18(15,16)4-1-6(17-3-4)5(13)2-7(14)8(10,11)12/h1,3H,2H2. The Morgan fingerprint density at radius 3 is 2.28 bits per heavy atom. The van der Waals surface area contributed by atoms with Crippen LogP contribution in [0.3, 0.4) is 0 Å². The maximum Gasteiger partial charge on any atom is 0.450 e. The van der Waals surface area contributed by atoms with Gasteiger partial charge in [0, 0.05) is 16.1 Å². The predicted octanol–water partition coefficient (Wildman–Crippen LogP) is 2.38. The van der Waals surface area contributed by atoms with Gasteiger partial charge in [-0.25, -0.2) is 8.42 Å². The Kier molecular flexibility index (Phi) is 4.19. The molecule has 10 heteroatoms. The van der Waals surface area contributed by atoms with Crippen molar-refractivity contribution in [3.8, 4) is 0 Å². The number of carbonyl (C=O) groups is 2. The highest BCUT2D eigenvalue weighted by Gasteiger charge is 2.39. The zero-order chi connectivity index (χ0) is 14.1. The molecule has 0 aliphatic rings. The molecule has 0 N–H and O–H groups in total. The van der Waals surface area contributed by atoms with Crippen molar-refractivity contribution < 1.29 is 31.2 Å². The van der Waals surface area contributed by atoms with Gasteiger partial charge in [0.25, 0.3) is 9.05 Å². The fourth-order valence-corrected chi connectivity index (χ4v) is 3.03. The number of rotatable bonds is 4. The second kappa shape index (κ2) is 4.98. The normalized spacial score (nSPS) is 12.4. The second-order valence-corrected chi connectivity index (χ2v) is 6.58. The van der Waals surface area contributed by atoms with Gasteiger partial charge in [-0.3, -0.25) is 9.59 Å². The van der Waals surface area contributed by atoms with Gasteiger partial charge in [-0.2, -0.15) is 13.2 Å². The molecule has 1 aromatic rings. The van der Waals surface area contributed by atoms with Crippen LogP contribution in [0.5, 0.6) is 0 Å². The van der Waals surface area contributed by atoms with E-state index in [0.29, 0.717) is 11.3 Å². The highest BCUT2D eigenvalue weighted by Crippen LogP contribution is 2.25. The number of Topliss-reactive ketones (excluding diaryl/α,β-unsaturated/α-hetero) is 2. The van der Waals surface area contributed by atoms with Gasteiger partial charge >= 0.3 is 6.18 Å². The van der Waals surface area contributed by atoms with Gasteiger partial charge in [-0.1, -0.05) is 0 Å². The highest BCUT2D eigenvalue weighted by molar-refractivity contribution is 8.13. The van der Waals surface area contributed by atoms with Crippen LogP contribution in [0.15, 0.2) is 16.3 Å². The van der Waals surface area contributed by atoms with Crippen LogP contribution in [0.2, 0.25) is 0 Å². The molecule has 0 aliphatic carbocycles. The fraction of sp³-hybridized carbons (Fsp3) is 0.250. The van der Waals surface area contributed by atoms with E-state index in [2.05, 4.69) is 0 Å². The third-order valence-electron chi connectivity index (χ3n) is 1.77. The maximum absolute atomic E-state index is 11.9. The van der Waals surface area contributed by atoms with Gasteiger partial charge in [0.15, 0.2) is 5.78 Å². The average Bonchev–Trinajstić information content (AvgIpc) is 2.63. The van der Waals surface area contributed by atoms with E-state index in [1.54, 1.807) is 0 Å². The molecule has 0 unspecified atom stereocenters. The van der Waals surface area contributed by atoms with Gasteiger partial charge in [-0.15, -0.1) is 11.3 Å². The lowest BCUT2D eigenvalue weighted by Gasteiger charge is -2.02. The summed E-state index contributed by atoms with van der Waals surface area (Å²) in [5, 5.41) is 1.01. The minimum absolute atomic E-state index is 0.271. The third kappa shape index (κ3) is 3.79. The summed E-state index contributed by atoms with van der Waals surface area (Å²) < 4.78 is 57.4. The minimum atomic E-state index is -5.09. The van der Waals surface area contributed by atoms with E-state index in [1.165, 1.54) is 0 Å². The summed E-state index contributed by atoms with van der Waals surface area (Å²) in [5.41, 5.74) is 0.